The van der Waals surface area contributed by atoms with E-state index in [4.69, 9.17) is 19.3 Å². The van der Waals surface area contributed by atoms with Gasteiger partial charge in [-0.3, -0.25) is 13.6 Å². The molecule has 5 nitrogen and oxygen atoms in total. The van der Waals surface area contributed by atoms with Gasteiger partial charge >= 0.3 is 7.82 Å². The SMILES string of the molecule is CC(C)OP(=O)(OCCN)OC(C)C. The normalized spacial score (nSPS) is 12.8. The second-order valence-electron chi connectivity index (χ2n) is 3.38. The van der Waals surface area contributed by atoms with Crippen LogP contribution in [-0.4, -0.2) is 25.4 Å². The summed E-state index contributed by atoms with van der Waals surface area (Å²) < 4.78 is 27.1. The molecule has 0 bridgehead atoms. The van der Waals surface area contributed by atoms with Crippen molar-refractivity contribution in [3.05, 3.63) is 0 Å². The van der Waals surface area contributed by atoms with Gasteiger partial charge < -0.3 is 5.73 Å². The maximum absolute atomic E-state index is 11.9. The van der Waals surface area contributed by atoms with Crippen LogP contribution < -0.4 is 5.73 Å². The van der Waals surface area contributed by atoms with E-state index in [1.807, 2.05) is 0 Å². The molecule has 0 saturated carbocycles. The van der Waals surface area contributed by atoms with E-state index in [1.165, 1.54) is 0 Å². The monoisotopic (exact) mass is 225 g/mol. The molecular formula is C8H20NO4P. The van der Waals surface area contributed by atoms with Crippen LogP contribution in [0.5, 0.6) is 0 Å². The lowest BCUT2D eigenvalue weighted by atomic mass is 10.5. The molecule has 0 aliphatic carbocycles. The molecule has 0 saturated heterocycles. The molecule has 0 atom stereocenters. The van der Waals surface area contributed by atoms with E-state index >= 15 is 0 Å². The van der Waals surface area contributed by atoms with Gasteiger partial charge in [-0.15, -0.1) is 0 Å². The van der Waals surface area contributed by atoms with Crippen molar-refractivity contribution < 1.29 is 18.1 Å². The fourth-order valence-electron chi connectivity index (χ4n) is 0.767. The molecule has 0 amide bonds. The van der Waals surface area contributed by atoms with E-state index in [-0.39, 0.29) is 25.4 Å². The molecule has 0 aromatic rings. The summed E-state index contributed by atoms with van der Waals surface area (Å²) in [5.41, 5.74) is 5.24. The summed E-state index contributed by atoms with van der Waals surface area (Å²) in [6.45, 7) is 7.51. The van der Waals surface area contributed by atoms with Gasteiger partial charge in [-0.05, 0) is 27.7 Å². The Bertz CT molecular complexity index is 182. The van der Waals surface area contributed by atoms with Gasteiger partial charge in [0.05, 0.1) is 18.8 Å². The smallest absolute Gasteiger partial charge is 0.328 e. The van der Waals surface area contributed by atoms with Crippen molar-refractivity contribution in [3.63, 3.8) is 0 Å². The molecule has 0 fully saturated rings. The van der Waals surface area contributed by atoms with Crippen LogP contribution in [0.25, 0.3) is 0 Å². The molecule has 86 valence electrons. The Morgan fingerprint density at radius 3 is 1.86 bits per heavy atom. The molecule has 0 rings (SSSR count). The quantitative estimate of drug-likeness (QED) is 0.670. The number of nitrogens with two attached hydrogens (primary N) is 1. The topological polar surface area (TPSA) is 70.8 Å². The van der Waals surface area contributed by atoms with Crippen LogP contribution in [-0.2, 0) is 18.1 Å². The first-order chi connectivity index (χ1) is 6.39. The van der Waals surface area contributed by atoms with Crippen molar-refractivity contribution in [3.8, 4) is 0 Å². The minimum atomic E-state index is -3.43. The standard InChI is InChI=1S/C8H20NO4P/c1-7(2)12-14(10,11-6-5-9)13-8(3)4/h7-8H,5-6,9H2,1-4H3. The molecule has 0 unspecified atom stereocenters. The molecule has 6 heteroatoms. The Morgan fingerprint density at radius 1 is 1.14 bits per heavy atom. The van der Waals surface area contributed by atoms with Crippen LogP contribution in [0.4, 0.5) is 0 Å². The van der Waals surface area contributed by atoms with Crippen LogP contribution in [0.2, 0.25) is 0 Å². The summed E-state index contributed by atoms with van der Waals surface area (Å²) >= 11 is 0. The molecule has 2 N–H and O–H groups in total. The maximum atomic E-state index is 11.9. The van der Waals surface area contributed by atoms with Crippen molar-refractivity contribution in [2.24, 2.45) is 5.73 Å². The summed E-state index contributed by atoms with van der Waals surface area (Å²) in [7, 11) is -3.43. The summed E-state index contributed by atoms with van der Waals surface area (Å²) in [4.78, 5) is 0. The third-order valence-corrected chi connectivity index (χ3v) is 2.91. The van der Waals surface area contributed by atoms with Gasteiger partial charge in [0.25, 0.3) is 0 Å². The molecule has 0 aromatic heterocycles. The third-order valence-electron chi connectivity index (χ3n) is 1.05. The number of hydrogen-bond donors (Lipinski definition) is 1. The van der Waals surface area contributed by atoms with Crippen LogP contribution in [0.3, 0.4) is 0 Å². The van der Waals surface area contributed by atoms with Crippen LogP contribution in [0.1, 0.15) is 27.7 Å². The van der Waals surface area contributed by atoms with Gasteiger partial charge in [0.1, 0.15) is 0 Å². The Labute approximate surface area is 85.5 Å². The van der Waals surface area contributed by atoms with Gasteiger partial charge in [-0.2, -0.15) is 0 Å². The molecule has 0 aliphatic heterocycles. The average molecular weight is 225 g/mol. The predicted octanol–water partition coefficient (Wildman–Crippen LogP) is 1.92. The first-order valence-corrected chi connectivity index (χ1v) is 6.17. The van der Waals surface area contributed by atoms with E-state index < -0.39 is 7.82 Å². The zero-order valence-corrected chi connectivity index (χ0v) is 10.1. The second kappa shape index (κ2) is 6.53. The molecule has 0 aliphatic rings. The highest BCUT2D eigenvalue weighted by Gasteiger charge is 2.29. The molecule has 14 heavy (non-hydrogen) atoms. The highest BCUT2D eigenvalue weighted by Crippen LogP contribution is 2.51. The van der Waals surface area contributed by atoms with E-state index in [0.29, 0.717) is 0 Å². The van der Waals surface area contributed by atoms with Crippen molar-refractivity contribution in [2.75, 3.05) is 13.2 Å². The summed E-state index contributed by atoms with van der Waals surface area (Å²) in [6, 6.07) is 0. The first kappa shape index (κ1) is 14.1. The molecule has 0 spiro atoms. The van der Waals surface area contributed by atoms with Crippen LogP contribution >= 0.6 is 7.82 Å². The lowest BCUT2D eigenvalue weighted by Gasteiger charge is -2.21. The van der Waals surface area contributed by atoms with Crippen molar-refractivity contribution in [1.29, 1.82) is 0 Å². The molecular weight excluding hydrogens is 205 g/mol. The molecule has 0 aromatic carbocycles. The number of hydrogen-bond acceptors (Lipinski definition) is 5. The van der Waals surface area contributed by atoms with Gasteiger partial charge in [0.15, 0.2) is 0 Å². The zero-order chi connectivity index (χ0) is 11.2. The van der Waals surface area contributed by atoms with E-state index in [9.17, 15) is 4.57 Å². The van der Waals surface area contributed by atoms with E-state index in [0.717, 1.165) is 0 Å². The Morgan fingerprint density at radius 2 is 1.57 bits per heavy atom. The van der Waals surface area contributed by atoms with E-state index in [2.05, 4.69) is 0 Å². The summed E-state index contributed by atoms with van der Waals surface area (Å²) in [5.74, 6) is 0. The lowest BCUT2D eigenvalue weighted by Crippen LogP contribution is -2.14. The van der Waals surface area contributed by atoms with Crippen molar-refractivity contribution in [2.45, 2.75) is 39.9 Å². The van der Waals surface area contributed by atoms with Crippen molar-refractivity contribution >= 4 is 7.82 Å². The number of phosphoric ester groups is 1. The minimum absolute atomic E-state index is 0.163. The fourth-order valence-corrected chi connectivity index (χ4v) is 2.30. The van der Waals surface area contributed by atoms with Gasteiger partial charge in [-0.25, -0.2) is 4.57 Å². The average Bonchev–Trinajstić information content (AvgIpc) is 1.97. The summed E-state index contributed by atoms with van der Waals surface area (Å²) in [5, 5.41) is 0. The summed E-state index contributed by atoms with van der Waals surface area (Å²) in [6.07, 6.45) is -0.422. The van der Waals surface area contributed by atoms with Crippen molar-refractivity contribution in [1.82, 2.24) is 0 Å². The Hall–Kier alpha value is 0.0700. The largest absolute Gasteiger partial charge is 0.475 e. The lowest BCUT2D eigenvalue weighted by molar-refractivity contribution is 0.0738. The first-order valence-electron chi connectivity index (χ1n) is 4.71. The van der Waals surface area contributed by atoms with E-state index in [1.54, 1.807) is 27.7 Å². The Kier molecular flexibility index (Phi) is 6.57. The Balaban J connectivity index is 4.26. The second-order valence-corrected chi connectivity index (χ2v) is 4.95. The van der Waals surface area contributed by atoms with Crippen LogP contribution in [0.15, 0.2) is 0 Å². The number of phosphoric acid groups is 1. The fraction of sp³-hybridized carbons (Fsp3) is 1.00. The highest BCUT2D eigenvalue weighted by atomic mass is 31.2. The van der Waals surface area contributed by atoms with Gasteiger partial charge in [0, 0.05) is 6.54 Å². The predicted molar refractivity (Wildman–Crippen MR) is 55.1 cm³/mol. The zero-order valence-electron chi connectivity index (χ0n) is 9.23. The maximum Gasteiger partial charge on any atom is 0.475 e. The third kappa shape index (κ3) is 6.51. The molecule has 0 radical (unpaired) electrons. The molecule has 0 heterocycles. The highest BCUT2D eigenvalue weighted by molar-refractivity contribution is 7.48. The van der Waals surface area contributed by atoms with Gasteiger partial charge in [-0.1, -0.05) is 0 Å². The number of rotatable bonds is 7. The van der Waals surface area contributed by atoms with Crippen LogP contribution in [0, 0.1) is 0 Å². The minimum Gasteiger partial charge on any atom is -0.328 e. The van der Waals surface area contributed by atoms with Gasteiger partial charge in [0.2, 0.25) is 0 Å².